The zero-order chi connectivity index (χ0) is 15.1. The van der Waals surface area contributed by atoms with Gasteiger partial charge in [-0.3, -0.25) is 0 Å². The second-order valence-corrected chi connectivity index (χ2v) is 4.30. The Morgan fingerprint density at radius 2 is 1.75 bits per heavy atom. The molecule has 0 aliphatic heterocycles. The summed E-state index contributed by atoms with van der Waals surface area (Å²) in [6.45, 7) is 1.35. The highest BCUT2D eigenvalue weighted by atomic mass is 35.5. The van der Waals surface area contributed by atoms with Crippen molar-refractivity contribution in [3.63, 3.8) is 0 Å². The van der Waals surface area contributed by atoms with Crippen LogP contribution >= 0.6 is 11.6 Å². The quantitative estimate of drug-likeness (QED) is 0.576. The number of hydrogen-bond donors (Lipinski definition) is 0. The van der Waals surface area contributed by atoms with Crippen LogP contribution in [-0.4, -0.2) is 9.97 Å². The fraction of sp³-hybridized carbons (Fsp3) is 0.167. The van der Waals surface area contributed by atoms with E-state index in [1.165, 1.54) is 13.0 Å². The van der Waals surface area contributed by atoms with Crippen molar-refractivity contribution in [3.8, 4) is 11.3 Å². The Morgan fingerprint density at radius 3 is 2.35 bits per heavy atom. The van der Waals surface area contributed by atoms with Gasteiger partial charge in [-0.2, -0.15) is 13.2 Å². The van der Waals surface area contributed by atoms with Crippen molar-refractivity contribution in [1.82, 2.24) is 9.97 Å². The second kappa shape index (κ2) is 4.97. The van der Waals surface area contributed by atoms with Crippen LogP contribution in [0.1, 0.15) is 11.3 Å². The number of alkyl halides is 3. The molecule has 1 aromatic carbocycles. The average molecular weight is 309 g/mol. The first kappa shape index (κ1) is 14.6. The molecule has 0 amide bonds. The third kappa shape index (κ3) is 2.72. The van der Waals surface area contributed by atoms with Gasteiger partial charge in [0.05, 0.1) is 11.3 Å². The van der Waals surface area contributed by atoms with Gasteiger partial charge in [0, 0.05) is 0 Å². The third-order valence-corrected chi connectivity index (χ3v) is 2.70. The molecular formula is C12H6ClF5N2. The normalized spacial score (nSPS) is 11.8. The molecule has 0 spiro atoms. The molecule has 2 aromatic rings. The van der Waals surface area contributed by atoms with Gasteiger partial charge in [-0.1, -0.05) is 6.07 Å². The third-order valence-electron chi connectivity index (χ3n) is 2.53. The molecule has 1 heterocycles. The summed E-state index contributed by atoms with van der Waals surface area (Å²) < 4.78 is 65.4. The molecule has 8 heteroatoms. The monoisotopic (exact) mass is 308 g/mol. The van der Waals surface area contributed by atoms with Crippen LogP contribution < -0.4 is 0 Å². The summed E-state index contributed by atoms with van der Waals surface area (Å²) in [5.74, 6) is -2.02. The van der Waals surface area contributed by atoms with Crippen molar-refractivity contribution in [2.75, 3.05) is 0 Å². The molecular weight excluding hydrogens is 303 g/mol. The zero-order valence-corrected chi connectivity index (χ0v) is 10.7. The highest BCUT2D eigenvalue weighted by Gasteiger charge is 2.34. The molecule has 0 saturated heterocycles. The number of aryl methyl sites for hydroxylation is 1. The van der Waals surface area contributed by atoms with Crippen molar-refractivity contribution < 1.29 is 22.0 Å². The first-order chi connectivity index (χ1) is 9.20. The van der Waals surface area contributed by atoms with E-state index in [0.29, 0.717) is 6.07 Å². The molecule has 0 aliphatic rings. The first-order valence-corrected chi connectivity index (χ1v) is 5.64. The second-order valence-electron chi connectivity index (χ2n) is 3.96. The maximum atomic E-state index is 13.9. The minimum atomic E-state index is -4.79. The van der Waals surface area contributed by atoms with Gasteiger partial charge in [0.15, 0.2) is 0 Å². The maximum Gasteiger partial charge on any atom is 0.433 e. The fourth-order valence-corrected chi connectivity index (χ4v) is 1.76. The largest absolute Gasteiger partial charge is 0.433 e. The van der Waals surface area contributed by atoms with E-state index in [-0.39, 0.29) is 5.56 Å². The smallest absolute Gasteiger partial charge is 0.218 e. The molecule has 0 bridgehead atoms. The minimum Gasteiger partial charge on any atom is -0.218 e. The highest BCUT2D eigenvalue weighted by molar-refractivity contribution is 6.28. The first-order valence-electron chi connectivity index (χ1n) is 5.27. The van der Waals surface area contributed by atoms with Crippen molar-refractivity contribution in [3.05, 3.63) is 46.4 Å². The van der Waals surface area contributed by atoms with E-state index in [1.54, 1.807) is 0 Å². The van der Waals surface area contributed by atoms with Crippen molar-refractivity contribution in [1.29, 1.82) is 0 Å². The summed E-state index contributed by atoms with van der Waals surface area (Å²) in [6.07, 6.45) is -4.79. The number of hydrogen-bond acceptors (Lipinski definition) is 2. The van der Waals surface area contributed by atoms with E-state index in [9.17, 15) is 22.0 Å². The number of rotatable bonds is 1. The van der Waals surface area contributed by atoms with E-state index >= 15 is 0 Å². The summed E-state index contributed by atoms with van der Waals surface area (Å²) in [4.78, 5) is 6.45. The van der Waals surface area contributed by atoms with Gasteiger partial charge in [0.1, 0.15) is 17.3 Å². The number of benzene rings is 1. The van der Waals surface area contributed by atoms with Gasteiger partial charge in [-0.25, -0.2) is 18.7 Å². The van der Waals surface area contributed by atoms with Crippen molar-refractivity contribution >= 4 is 11.6 Å². The van der Waals surface area contributed by atoms with Crippen LogP contribution in [0.4, 0.5) is 22.0 Å². The van der Waals surface area contributed by atoms with E-state index in [0.717, 1.165) is 6.07 Å². The van der Waals surface area contributed by atoms with E-state index in [4.69, 9.17) is 11.6 Å². The van der Waals surface area contributed by atoms with Crippen molar-refractivity contribution in [2.24, 2.45) is 0 Å². The Labute approximate surface area is 115 Å². The van der Waals surface area contributed by atoms with Gasteiger partial charge < -0.3 is 0 Å². The Hall–Kier alpha value is -1.76. The summed E-state index contributed by atoms with van der Waals surface area (Å²) in [5.41, 5.74) is -2.52. The van der Waals surface area contributed by atoms with E-state index in [1.807, 2.05) is 0 Å². The van der Waals surface area contributed by atoms with Crippen LogP contribution in [0.3, 0.4) is 0 Å². The zero-order valence-electron chi connectivity index (χ0n) is 9.89. The lowest BCUT2D eigenvalue weighted by molar-refractivity contribution is -0.141. The molecule has 1 aromatic heterocycles. The van der Waals surface area contributed by atoms with E-state index < -0.39 is 40.0 Å². The molecule has 106 valence electrons. The van der Waals surface area contributed by atoms with Crippen LogP contribution in [0.25, 0.3) is 11.3 Å². The molecule has 2 rings (SSSR count). The van der Waals surface area contributed by atoms with Gasteiger partial charge in [-0.15, -0.1) is 0 Å². The van der Waals surface area contributed by atoms with Gasteiger partial charge in [0.25, 0.3) is 0 Å². The summed E-state index contributed by atoms with van der Waals surface area (Å²) in [5, 5.41) is -0.741. The van der Waals surface area contributed by atoms with Gasteiger partial charge in [-0.05, 0) is 36.2 Å². The average Bonchev–Trinajstić information content (AvgIpc) is 2.33. The molecule has 2 nitrogen and oxygen atoms in total. The predicted molar refractivity (Wildman–Crippen MR) is 62.1 cm³/mol. The van der Waals surface area contributed by atoms with Gasteiger partial charge >= 0.3 is 6.18 Å². The molecule has 0 aliphatic carbocycles. The lowest BCUT2D eigenvalue weighted by Gasteiger charge is -2.10. The maximum absolute atomic E-state index is 13.9. The number of nitrogens with zero attached hydrogens (tertiary/aromatic N) is 2. The van der Waals surface area contributed by atoms with Crippen LogP contribution in [-0.2, 0) is 6.18 Å². The Balaban J connectivity index is 2.71. The van der Waals surface area contributed by atoms with Crippen molar-refractivity contribution in [2.45, 2.75) is 13.1 Å². The molecule has 20 heavy (non-hydrogen) atoms. The van der Waals surface area contributed by atoms with Gasteiger partial charge in [0.2, 0.25) is 5.28 Å². The predicted octanol–water partition coefficient (Wildman–Crippen LogP) is 4.40. The molecule has 0 fully saturated rings. The molecule has 0 saturated carbocycles. The Bertz CT molecular complexity index is 670. The van der Waals surface area contributed by atoms with Crippen LogP contribution in [0, 0.1) is 18.6 Å². The van der Waals surface area contributed by atoms with Crippen LogP contribution in [0.2, 0.25) is 5.28 Å². The molecule has 0 atom stereocenters. The minimum absolute atomic E-state index is 0.0738. The summed E-state index contributed by atoms with van der Waals surface area (Å²) >= 11 is 5.38. The standard InChI is InChI=1S/C12H6ClF5N2/c1-5-2-3-6(14)9(10(5)15)7-4-8(12(16,17)18)20-11(13)19-7/h2-4H,1H3. The number of aromatic nitrogens is 2. The Morgan fingerprint density at radius 1 is 1.10 bits per heavy atom. The highest BCUT2D eigenvalue weighted by Crippen LogP contribution is 2.33. The molecule has 0 radical (unpaired) electrons. The topological polar surface area (TPSA) is 25.8 Å². The molecule has 0 N–H and O–H groups in total. The SMILES string of the molecule is Cc1ccc(F)c(-c2cc(C(F)(F)F)nc(Cl)n2)c1F. The lowest BCUT2D eigenvalue weighted by Crippen LogP contribution is -2.10. The Kier molecular flexibility index (Phi) is 3.64. The summed E-state index contributed by atoms with van der Waals surface area (Å²) in [6, 6.07) is 2.56. The summed E-state index contributed by atoms with van der Waals surface area (Å²) in [7, 11) is 0. The molecule has 0 unspecified atom stereocenters. The lowest BCUT2D eigenvalue weighted by atomic mass is 10.1. The fourth-order valence-electron chi connectivity index (χ4n) is 1.58. The van der Waals surface area contributed by atoms with E-state index in [2.05, 4.69) is 9.97 Å². The number of halogens is 6. The van der Waals surface area contributed by atoms with Crippen LogP contribution in [0.15, 0.2) is 18.2 Å². The van der Waals surface area contributed by atoms with Crippen LogP contribution in [0.5, 0.6) is 0 Å².